The largest absolute Gasteiger partial charge is 0.348 e. The van der Waals surface area contributed by atoms with Gasteiger partial charge in [0.2, 0.25) is 5.95 Å². The fourth-order valence-corrected chi connectivity index (χ4v) is 2.58. The first-order valence-corrected chi connectivity index (χ1v) is 7.73. The van der Waals surface area contributed by atoms with E-state index in [2.05, 4.69) is 39.4 Å². The number of aryl methyl sites for hydroxylation is 2. The molecule has 0 aliphatic carbocycles. The van der Waals surface area contributed by atoms with Gasteiger partial charge in [0.05, 0.1) is 11.7 Å². The predicted molar refractivity (Wildman–Crippen MR) is 91.8 cm³/mol. The van der Waals surface area contributed by atoms with Crippen molar-refractivity contribution in [3.63, 3.8) is 0 Å². The third kappa shape index (κ3) is 3.08. The van der Waals surface area contributed by atoms with Gasteiger partial charge in [-0.3, -0.25) is 0 Å². The van der Waals surface area contributed by atoms with Crippen molar-refractivity contribution in [3.05, 3.63) is 65.2 Å². The van der Waals surface area contributed by atoms with Crippen LogP contribution in [0.2, 0.25) is 0 Å². The van der Waals surface area contributed by atoms with Crippen molar-refractivity contribution in [2.45, 2.75) is 33.7 Å². The lowest BCUT2D eigenvalue weighted by Gasteiger charge is -2.19. The molecule has 118 valence electrons. The summed E-state index contributed by atoms with van der Waals surface area (Å²) < 4.78 is 1.88. The smallest absolute Gasteiger partial charge is 0.223 e. The molecular formula is C18H21N5. The van der Waals surface area contributed by atoms with Crippen LogP contribution in [-0.4, -0.2) is 19.7 Å². The van der Waals surface area contributed by atoms with Crippen molar-refractivity contribution in [1.82, 2.24) is 19.7 Å². The highest BCUT2D eigenvalue weighted by Crippen LogP contribution is 2.24. The average Bonchev–Trinajstić information content (AvgIpc) is 3.07. The minimum Gasteiger partial charge on any atom is -0.348 e. The number of benzene rings is 1. The second-order valence-electron chi connectivity index (χ2n) is 5.72. The zero-order valence-electron chi connectivity index (χ0n) is 13.9. The molecule has 0 aliphatic rings. The normalized spacial score (nSPS) is 12.2. The molecule has 1 atom stereocenters. The first-order chi connectivity index (χ1) is 11.1. The Morgan fingerprint density at radius 1 is 1.00 bits per heavy atom. The predicted octanol–water partition coefficient (Wildman–Crippen LogP) is 3.76. The Balaban J connectivity index is 1.91. The molecule has 0 saturated heterocycles. The minimum atomic E-state index is 0.0666. The Kier molecular flexibility index (Phi) is 4.10. The molecule has 2 aromatic heterocycles. The Hall–Kier alpha value is -2.69. The Bertz CT molecular complexity index is 785. The third-order valence-corrected chi connectivity index (χ3v) is 4.13. The van der Waals surface area contributed by atoms with E-state index in [1.807, 2.05) is 49.8 Å². The highest BCUT2D eigenvalue weighted by atomic mass is 15.3. The molecule has 2 heterocycles. The average molecular weight is 307 g/mol. The number of nitrogens with one attached hydrogen (secondary N) is 1. The van der Waals surface area contributed by atoms with Gasteiger partial charge >= 0.3 is 0 Å². The zero-order valence-corrected chi connectivity index (χ0v) is 13.9. The monoisotopic (exact) mass is 307 g/mol. The van der Waals surface area contributed by atoms with Gasteiger partial charge in [-0.25, -0.2) is 14.6 Å². The van der Waals surface area contributed by atoms with Crippen LogP contribution in [0.25, 0.3) is 5.69 Å². The number of anilines is 1. The molecule has 3 rings (SSSR count). The molecule has 1 unspecified atom stereocenters. The maximum Gasteiger partial charge on any atom is 0.223 e. The van der Waals surface area contributed by atoms with E-state index in [1.54, 1.807) is 6.20 Å². The van der Waals surface area contributed by atoms with Gasteiger partial charge < -0.3 is 5.32 Å². The van der Waals surface area contributed by atoms with Crippen LogP contribution in [0.4, 0.5) is 5.95 Å². The first kappa shape index (κ1) is 15.2. The van der Waals surface area contributed by atoms with Crippen LogP contribution < -0.4 is 5.32 Å². The van der Waals surface area contributed by atoms with Crippen LogP contribution in [0, 0.1) is 20.8 Å². The second kappa shape index (κ2) is 6.20. The van der Waals surface area contributed by atoms with Crippen LogP contribution in [0.5, 0.6) is 0 Å². The fraction of sp³-hybridized carbons (Fsp3) is 0.278. The molecule has 3 aromatic rings. The van der Waals surface area contributed by atoms with Gasteiger partial charge in [0.25, 0.3) is 0 Å². The summed E-state index contributed by atoms with van der Waals surface area (Å²) in [5.74, 6) is 0.661. The van der Waals surface area contributed by atoms with Crippen LogP contribution in [0.1, 0.15) is 35.5 Å². The molecule has 0 aliphatic heterocycles. The molecule has 5 nitrogen and oxygen atoms in total. The molecule has 0 fully saturated rings. The highest BCUT2D eigenvalue weighted by Gasteiger charge is 2.14. The topological polar surface area (TPSA) is 55.6 Å². The molecule has 0 bridgehead atoms. The van der Waals surface area contributed by atoms with Crippen LogP contribution >= 0.6 is 0 Å². The molecule has 0 saturated carbocycles. The standard InChI is InChI=1S/C18H21N5/c1-12-13(2)20-18(21-14(12)3)22-15(4)16-8-5-6-9-17(16)23-11-7-10-19-23/h5-11,15H,1-4H3,(H,20,21,22). The van der Waals surface area contributed by atoms with Crippen LogP contribution in [-0.2, 0) is 0 Å². The molecule has 0 spiro atoms. The molecule has 0 radical (unpaired) electrons. The molecule has 23 heavy (non-hydrogen) atoms. The molecule has 5 heteroatoms. The van der Waals surface area contributed by atoms with E-state index in [1.165, 1.54) is 0 Å². The number of nitrogens with zero attached hydrogens (tertiary/aromatic N) is 4. The van der Waals surface area contributed by atoms with Gasteiger partial charge in [0.15, 0.2) is 0 Å². The van der Waals surface area contributed by atoms with Crippen molar-refractivity contribution >= 4 is 5.95 Å². The summed E-state index contributed by atoms with van der Waals surface area (Å²) in [5, 5.41) is 7.74. The number of aromatic nitrogens is 4. The Morgan fingerprint density at radius 2 is 1.70 bits per heavy atom. The highest BCUT2D eigenvalue weighted by molar-refractivity contribution is 5.45. The van der Waals surface area contributed by atoms with E-state index in [9.17, 15) is 0 Å². The number of para-hydroxylation sites is 1. The first-order valence-electron chi connectivity index (χ1n) is 7.73. The lowest BCUT2D eigenvalue weighted by Crippen LogP contribution is -2.14. The quantitative estimate of drug-likeness (QED) is 0.797. The van der Waals surface area contributed by atoms with Crippen molar-refractivity contribution < 1.29 is 0 Å². The van der Waals surface area contributed by atoms with E-state index in [0.29, 0.717) is 5.95 Å². The minimum absolute atomic E-state index is 0.0666. The summed E-state index contributed by atoms with van der Waals surface area (Å²) in [5.41, 5.74) is 5.36. The van der Waals surface area contributed by atoms with Crippen molar-refractivity contribution in [2.75, 3.05) is 5.32 Å². The molecular weight excluding hydrogens is 286 g/mol. The van der Waals surface area contributed by atoms with Crippen molar-refractivity contribution in [3.8, 4) is 5.69 Å². The summed E-state index contributed by atoms with van der Waals surface area (Å²) in [6.45, 7) is 8.18. The van der Waals surface area contributed by atoms with Gasteiger partial charge in [-0.05, 0) is 51.0 Å². The summed E-state index contributed by atoms with van der Waals surface area (Å²) in [7, 11) is 0. The number of hydrogen-bond donors (Lipinski definition) is 1. The maximum atomic E-state index is 4.55. The Morgan fingerprint density at radius 3 is 2.35 bits per heavy atom. The van der Waals surface area contributed by atoms with Crippen molar-refractivity contribution in [2.24, 2.45) is 0 Å². The fourth-order valence-electron chi connectivity index (χ4n) is 2.58. The van der Waals surface area contributed by atoms with Gasteiger partial charge in [-0.2, -0.15) is 5.10 Å². The van der Waals surface area contributed by atoms with Crippen LogP contribution in [0.15, 0.2) is 42.7 Å². The number of hydrogen-bond acceptors (Lipinski definition) is 4. The molecule has 1 N–H and O–H groups in total. The van der Waals surface area contributed by atoms with Gasteiger partial charge in [0, 0.05) is 23.8 Å². The molecule has 0 amide bonds. The van der Waals surface area contributed by atoms with E-state index in [0.717, 1.165) is 28.2 Å². The van der Waals surface area contributed by atoms with Gasteiger partial charge in [-0.1, -0.05) is 18.2 Å². The zero-order chi connectivity index (χ0) is 16.4. The van der Waals surface area contributed by atoms with Crippen molar-refractivity contribution in [1.29, 1.82) is 0 Å². The lowest BCUT2D eigenvalue weighted by molar-refractivity contribution is 0.805. The van der Waals surface area contributed by atoms with Gasteiger partial charge in [-0.15, -0.1) is 0 Å². The summed E-state index contributed by atoms with van der Waals surface area (Å²) in [6.07, 6.45) is 3.73. The molecule has 1 aromatic carbocycles. The third-order valence-electron chi connectivity index (χ3n) is 4.13. The van der Waals surface area contributed by atoms with Crippen LogP contribution in [0.3, 0.4) is 0 Å². The summed E-state index contributed by atoms with van der Waals surface area (Å²) >= 11 is 0. The van der Waals surface area contributed by atoms with E-state index >= 15 is 0 Å². The second-order valence-corrected chi connectivity index (χ2v) is 5.72. The van der Waals surface area contributed by atoms with Gasteiger partial charge in [0.1, 0.15) is 0 Å². The van der Waals surface area contributed by atoms with E-state index in [4.69, 9.17) is 0 Å². The summed E-state index contributed by atoms with van der Waals surface area (Å²) in [4.78, 5) is 9.09. The lowest BCUT2D eigenvalue weighted by atomic mass is 10.1. The number of rotatable bonds is 4. The summed E-state index contributed by atoms with van der Waals surface area (Å²) in [6, 6.07) is 10.2. The SMILES string of the molecule is Cc1nc(NC(C)c2ccccc2-n2cccn2)nc(C)c1C. The Labute approximate surface area is 136 Å². The maximum absolute atomic E-state index is 4.55. The van der Waals surface area contributed by atoms with E-state index in [-0.39, 0.29) is 6.04 Å². The van der Waals surface area contributed by atoms with E-state index < -0.39 is 0 Å².